The van der Waals surface area contributed by atoms with Gasteiger partial charge in [-0.05, 0) is 105 Å². The fourth-order valence-electron chi connectivity index (χ4n) is 6.19. The van der Waals surface area contributed by atoms with Crippen molar-refractivity contribution in [1.29, 1.82) is 0 Å². The molecule has 214 valence electrons. The molecule has 2 aromatic carbocycles. The summed E-state index contributed by atoms with van der Waals surface area (Å²) in [7, 11) is 3.47. The standard InChI is InChI=1S/C34H45N3O3/c1-25(20-26-8-15-34(35-24-26)40-19-18-37-16-6-4-5-7-17-37)36-33-23-31(39-3)13-14-32(33)29-10-9-28-22-30(38-2)12-11-27(28)21-29/h8,11-15,22-25,29,36H,4-7,9-10,16-21H2,1-3H3. The van der Waals surface area contributed by atoms with Crippen molar-refractivity contribution in [3.8, 4) is 17.4 Å². The number of fused-ring (bicyclic) bond motifs is 1. The highest BCUT2D eigenvalue weighted by atomic mass is 16.5. The van der Waals surface area contributed by atoms with Crippen molar-refractivity contribution in [1.82, 2.24) is 9.88 Å². The van der Waals surface area contributed by atoms with Crippen molar-refractivity contribution in [3.63, 3.8) is 0 Å². The number of methoxy groups -OCH3 is 2. The van der Waals surface area contributed by atoms with Gasteiger partial charge in [-0.15, -0.1) is 0 Å². The summed E-state index contributed by atoms with van der Waals surface area (Å²) in [4.78, 5) is 7.11. The second kappa shape index (κ2) is 13.9. The molecule has 0 saturated carbocycles. The van der Waals surface area contributed by atoms with Gasteiger partial charge in [-0.2, -0.15) is 0 Å². The van der Waals surface area contributed by atoms with E-state index < -0.39 is 0 Å². The highest BCUT2D eigenvalue weighted by Gasteiger charge is 2.23. The molecule has 1 saturated heterocycles. The third kappa shape index (κ3) is 7.48. The van der Waals surface area contributed by atoms with Gasteiger partial charge in [0.25, 0.3) is 0 Å². The number of aryl methyl sites for hydroxylation is 1. The minimum absolute atomic E-state index is 0.239. The molecule has 2 unspecified atom stereocenters. The van der Waals surface area contributed by atoms with Crippen LogP contribution in [0.2, 0.25) is 0 Å². The Balaban J connectivity index is 1.18. The van der Waals surface area contributed by atoms with Crippen LogP contribution in [-0.4, -0.2) is 56.4 Å². The van der Waals surface area contributed by atoms with Crippen LogP contribution in [-0.2, 0) is 19.3 Å². The maximum Gasteiger partial charge on any atom is 0.213 e. The zero-order valence-electron chi connectivity index (χ0n) is 24.5. The fourth-order valence-corrected chi connectivity index (χ4v) is 6.19. The summed E-state index contributed by atoms with van der Waals surface area (Å²) >= 11 is 0. The number of hydrogen-bond acceptors (Lipinski definition) is 6. The zero-order chi connectivity index (χ0) is 27.7. The second-order valence-corrected chi connectivity index (χ2v) is 11.4. The molecule has 1 aliphatic carbocycles. The molecule has 0 radical (unpaired) electrons. The predicted molar refractivity (Wildman–Crippen MR) is 162 cm³/mol. The Labute approximate surface area is 240 Å². The van der Waals surface area contributed by atoms with E-state index in [-0.39, 0.29) is 6.04 Å². The first-order valence-corrected chi connectivity index (χ1v) is 15.0. The molecule has 1 aromatic heterocycles. The summed E-state index contributed by atoms with van der Waals surface area (Å²) in [6.07, 6.45) is 11.4. The van der Waals surface area contributed by atoms with E-state index in [9.17, 15) is 0 Å². The molecule has 6 heteroatoms. The molecule has 2 atom stereocenters. The van der Waals surface area contributed by atoms with Crippen LogP contribution in [0.3, 0.4) is 0 Å². The molecular formula is C34H45N3O3. The second-order valence-electron chi connectivity index (χ2n) is 11.4. The normalized spacial score (nSPS) is 18.3. The molecule has 2 aliphatic rings. The van der Waals surface area contributed by atoms with Crippen LogP contribution in [0.1, 0.15) is 67.2 Å². The smallest absolute Gasteiger partial charge is 0.213 e. The lowest BCUT2D eigenvalue weighted by molar-refractivity contribution is 0.209. The Morgan fingerprint density at radius 3 is 2.45 bits per heavy atom. The van der Waals surface area contributed by atoms with Gasteiger partial charge in [0, 0.05) is 36.6 Å². The van der Waals surface area contributed by atoms with Crippen molar-refractivity contribution in [2.45, 2.75) is 70.3 Å². The van der Waals surface area contributed by atoms with Gasteiger partial charge in [0.1, 0.15) is 18.1 Å². The van der Waals surface area contributed by atoms with Crippen LogP contribution in [0.4, 0.5) is 5.69 Å². The van der Waals surface area contributed by atoms with Gasteiger partial charge in [-0.25, -0.2) is 4.98 Å². The van der Waals surface area contributed by atoms with Gasteiger partial charge in [-0.3, -0.25) is 4.90 Å². The molecule has 1 N–H and O–H groups in total. The van der Waals surface area contributed by atoms with Crippen LogP contribution in [0, 0.1) is 0 Å². The van der Waals surface area contributed by atoms with Crippen molar-refractivity contribution < 1.29 is 14.2 Å². The highest BCUT2D eigenvalue weighted by Crippen LogP contribution is 2.39. The van der Waals surface area contributed by atoms with E-state index in [1.165, 1.54) is 61.0 Å². The Kier molecular flexibility index (Phi) is 9.82. The molecule has 6 nitrogen and oxygen atoms in total. The molecule has 40 heavy (non-hydrogen) atoms. The van der Waals surface area contributed by atoms with E-state index in [0.29, 0.717) is 18.4 Å². The highest BCUT2D eigenvalue weighted by molar-refractivity contribution is 5.58. The number of ether oxygens (including phenoxy) is 3. The van der Waals surface area contributed by atoms with Gasteiger partial charge >= 0.3 is 0 Å². The number of anilines is 1. The van der Waals surface area contributed by atoms with Crippen LogP contribution in [0.5, 0.6) is 17.4 Å². The van der Waals surface area contributed by atoms with Crippen molar-refractivity contribution in [2.24, 2.45) is 0 Å². The zero-order valence-corrected chi connectivity index (χ0v) is 24.5. The van der Waals surface area contributed by atoms with E-state index >= 15 is 0 Å². The summed E-state index contributed by atoms with van der Waals surface area (Å²) in [6.45, 7) is 6.30. The summed E-state index contributed by atoms with van der Waals surface area (Å²) < 4.78 is 17.0. The number of nitrogens with zero attached hydrogens (tertiary/aromatic N) is 2. The van der Waals surface area contributed by atoms with Gasteiger partial charge in [0.15, 0.2) is 0 Å². The van der Waals surface area contributed by atoms with E-state index in [2.05, 4.69) is 64.6 Å². The van der Waals surface area contributed by atoms with E-state index in [1.54, 1.807) is 14.2 Å². The minimum Gasteiger partial charge on any atom is -0.497 e. The Hall–Kier alpha value is -3.25. The van der Waals surface area contributed by atoms with Crippen molar-refractivity contribution in [2.75, 3.05) is 45.8 Å². The molecule has 0 amide bonds. The Morgan fingerprint density at radius 2 is 1.70 bits per heavy atom. The quantitative estimate of drug-likeness (QED) is 0.292. The van der Waals surface area contributed by atoms with Crippen LogP contribution in [0.25, 0.3) is 0 Å². The lowest BCUT2D eigenvalue weighted by Crippen LogP contribution is -2.29. The monoisotopic (exact) mass is 543 g/mol. The first-order chi connectivity index (χ1) is 19.6. The SMILES string of the molecule is COc1ccc2c(c1)CCC(c1ccc(OC)cc1NC(C)Cc1ccc(OCCN3CCCCCC3)nc1)C2. The maximum atomic E-state index is 5.96. The number of hydrogen-bond donors (Lipinski definition) is 1. The molecule has 1 aliphatic heterocycles. The average Bonchev–Trinajstić information content (AvgIpc) is 3.26. The number of likely N-dealkylation sites (tertiary alicyclic amines) is 1. The minimum atomic E-state index is 0.239. The Morgan fingerprint density at radius 1 is 0.925 bits per heavy atom. The van der Waals surface area contributed by atoms with Crippen LogP contribution >= 0.6 is 0 Å². The fraction of sp³-hybridized carbons (Fsp3) is 0.500. The van der Waals surface area contributed by atoms with Gasteiger partial charge in [0.2, 0.25) is 5.88 Å². The molecular weight excluding hydrogens is 498 g/mol. The molecule has 0 bridgehead atoms. The molecule has 5 rings (SSSR count). The van der Waals surface area contributed by atoms with E-state index in [1.807, 2.05) is 12.3 Å². The van der Waals surface area contributed by atoms with Gasteiger partial charge < -0.3 is 19.5 Å². The largest absolute Gasteiger partial charge is 0.497 e. The van der Waals surface area contributed by atoms with Crippen LogP contribution < -0.4 is 19.5 Å². The number of benzene rings is 2. The molecule has 1 fully saturated rings. The first kappa shape index (κ1) is 28.3. The van der Waals surface area contributed by atoms with Crippen LogP contribution in [0.15, 0.2) is 54.7 Å². The lowest BCUT2D eigenvalue weighted by Gasteiger charge is -2.28. The number of pyridine rings is 1. The lowest BCUT2D eigenvalue weighted by atomic mass is 9.79. The summed E-state index contributed by atoms with van der Waals surface area (Å²) in [5.74, 6) is 3.00. The summed E-state index contributed by atoms with van der Waals surface area (Å²) in [6, 6.07) is 17.4. The number of rotatable bonds is 11. The van der Waals surface area contributed by atoms with Crippen molar-refractivity contribution in [3.05, 3.63) is 77.0 Å². The maximum absolute atomic E-state index is 5.96. The topological polar surface area (TPSA) is 55.9 Å². The summed E-state index contributed by atoms with van der Waals surface area (Å²) in [5, 5.41) is 3.80. The molecule has 0 spiro atoms. The molecule has 3 aromatic rings. The van der Waals surface area contributed by atoms with Crippen molar-refractivity contribution >= 4 is 5.69 Å². The average molecular weight is 544 g/mol. The van der Waals surface area contributed by atoms with E-state index in [0.717, 1.165) is 49.4 Å². The molecule has 2 heterocycles. The third-order valence-electron chi connectivity index (χ3n) is 8.44. The first-order valence-electron chi connectivity index (χ1n) is 15.0. The van der Waals surface area contributed by atoms with E-state index in [4.69, 9.17) is 14.2 Å². The predicted octanol–water partition coefficient (Wildman–Crippen LogP) is 6.67. The van der Waals surface area contributed by atoms with Gasteiger partial charge in [0.05, 0.1) is 14.2 Å². The third-order valence-corrected chi connectivity index (χ3v) is 8.44. The number of aromatic nitrogens is 1. The van der Waals surface area contributed by atoms with Gasteiger partial charge in [-0.1, -0.05) is 31.0 Å². The number of nitrogens with one attached hydrogen (secondary N) is 1. The summed E-state index contributed by atoms with van der Waals surface area (Å²) in [5.41, 5.74) is 6.56. The Bertz CT molecular complexity index is 1220.